The second-order valence-electron chi connectivity index (χ2n) is 11.9. The van der Waals surface area contributed by atoms with Crippen LogP contribution in [0.2, 0.25) is 0 Å². The van der Waals surface area contributed by atoms with Gasteiger partial charge in [0.05, 0.1) is 18.8 Å². The number of benzene rings is 4. The van der Waals surface area contributed by atoms with E-state index in [9.17, 15) is 5.11 Å². The van der Waals surface area contributed by atoms with Gasteiger partial charge in [0.15, 0.2) is 6.29 Å². The lowest BCUT2D eigenvalue weighted by atomic mass is 9.89. The Morgan fingerprint density at radius 2 is 1.37 bits per heavy atom. The van der Waals surface area contributed by atoms with Crippen LogP contribution in [0.4, 0.5) is 0 Å². The van der Waals surface area contributed by atoms with Crippen molar-refractivity contribution in [2.24, 2.45) is 11.7 Å². The summed E-state index contributed by atoms with van der Waals surface area (Å²) in [4.78, 5) is 5.09. The Balaban J connectivity index is 1.17. The van der Waals surface area contributed by atoms with Crippen molar-refractivity contribution < 1.29 is 14.6 Å². The van der Waals surface area contributed by atoms with Crippen LogP contribution in [-0.4, -0.2) is 53.7 Å². The molecule has 3 N–H and O–H groups in total. The normalized spacial score (nSPS) is 23.3. The number of nitrogens with two attached hydrogens (primary N) is 1. The van der Waals surface area contributed by atoms with Gasteiger partial charge in [0.2, 0.25) is 0 Å². The summed E-state index contributed by atoms with van der Waals surface area (Å²) in [5.41, 5.74) is 13.7. The molecule has 43 heavy (non-hydrogen) atoms. The van der Waals surface area contributed by atoms with Crippen molar-refractivity contribution in [1.82, 2.24) is 9.80 Å². The van der Waals surface area contributed by atoms with E-state index >= 15 is 0 Å². The molecule has 0 spiro atoms. The summed E-state index contributed by atoms with van der Waals surface area (Å²) in [6.07, 6.45) is -0.563. The Labute approximate surface area is 255 Å². The predicted octanol–water partition coefficient (Wildman–Crippen LogP) is 5.91. The maximum Gasteiger partial charge on any atom is 0.184 e. The van der Waals surface area contributed by atoms with Crippen molar-refractivity contribution in [3.05, 3.63) is 131 Å². The van der Waals surface area contributed by atoms with Crippen molar-refractivity contribution in [2.45, 2.75) is 45.1 Å². The number of nitrogens with zero attached hydrogens (tertiary/aromatic N) is 2. The summed E-state index contributed by atoms with van der Waals surface area (Å²) in [6.45, 7) is 8.82. The Morgan fingerprint density at radius 3 is 2.07 bits per heavy atom. The minimum absolute atomic E-state index is 0.0165. The molecule has 0 radical (unpaired) electrons. The van der Waals surface area contributed by atoms with Crippen molar-refractivity contribution in [1.29, 1.82) is 0 Å². The quantitative estimate of drug-likeness (QED) is 0.258. The molecule has 2 aliphatic heterocycles. The molecule has 6 heteroatoms. The highest BCUT2D eigenvalue weighted by molar-refractivity contribution is 5.64. The third kappa shape index (κ3) is 7.24. The van der Waals surface area contributed by atoms with E-state index in [1.54, 1.807) is 0 Å². The Morgan fingerprint density at radius 1 is 0.698 bits per heavy atom. The second-order valence-corrected chi connectivity index (χ2v) is 11.9. The molecular formula is C37H43N3O3. The van der Waals surface area contributed by atoms with Gasteiger partial charge in [-0.1, -0.05) is 104 Å². The van der Waals surface area contributed by atoms with E-state index < -0.39 is 6.29 Å². The highest BCUT2D eigenvalue weighted by atomic mass is 16.7. The summed E-state index contributed by atoms with van der Waals surface area (Å²) in [5.74, 6) is 0.164. The van der Waals surface area contributed by atoms with Gasteiger partial charge in [0.1, 0.15) is 0 Å². The number of aliphatic hydroxyl groups is 1. The zero-order valence-corrected chi connectivity index (χ0v) is 25.0. The van der Waals surface area contributed by atoms with Crippen LogP contribution in [-0.2, 0) is 29.2 Å². The highest BCUT2D eigenvalue weighted by Crippen LogP contribution is 2.42. The number of ether oxygens (including phenoxy) is 2. The van der Waals surface area contributed by atoms with Crippen LogP contribution in [0.25, 0.3) is 11.1 Å². The van der Waals surface area contributed by atoms with Gasteiger partial charge in [-0.25, -0.2) is 0 Å². The lowest BCUT2D eigenvalue weighted by Gasteiger charge is -2.44. The first-order chi connectivity index (χ1) is 21.1. The van der Waals surface area contributed by atoms with Crippen LogP contribution in [0.15, 0.2) is 103 Å². The number of hydrogen-bond acceptors (Lipinski definition) is 6. The maximum absolute atomic E-state index is 9.57. The average molecular weight is 578 g/mol. The van der Waals surface area contributed by atoms with Crippen LogP contribution >= 0.6 is 0 Å². The van der Waals surface area contributed by atoms with Crippen molar-refractivity contribution in [3.63, 3.8) is 0 Å². The molecule has 2 aliphatic rings. The van der Waals surface area contributed by atoms with Gasteiger partial charge < -0.3 is 20.3 Å². The first-order valence-electron chi connectivity index (χ1n) is 15.5. The van der Waals surface area contributed by atoms with Gasteiger partial charge in [0, 0.05) is 57.3 Å². The summed E-state index contributed by atoms with van der Waals surface area (Å²) >= 11 is 0. The van der Waals surface area contributed by atoms with Gasteiger partial charge in [-0.2, -0.15) is 0 Å². The maximum atomic E-state index is 9.57. The first-order valence-corrected chi connectivity index (χ1v) is 15.5. The van der Waals surface area contributed by atoms with E-state index in [4.69, 9.17) is 15.2 Å². The van der Waals surface area contributed by atoms with Gasteiger partial charge in [-0.15, -0.1) is 0 Å². The summed E-state index contributed by atoms with van der Waals surface area (Å²) in [7, 11) is 0. The zero-order valence-electron chi connectivity index (χ0n) is 25.0. The van der Waals surface area contributed by atoms with E-state index in [0.717, 1.165) is 72.6 Å². The van der Waals surface area contributed by atoms with E-state index in [1.807, 2.05) is 12.1 Å². The van der Waals surface area contributed by atoms with Crippen molar-refractivity contribution in [3.8, 4) is 11.1 Å². The van der Waals surface area contributed by atoms with E-state index in [-0.39, 0.29) is 24.7 Å². The van der Waals surface area contributed by atoms with Gasteiger partial charge in [0.25, 0.3) is 0 Å². The zero-order chi connectivity index (χ0) is 29.6. The molecule has 6 rings (SSSR count). The molecule has 4 aromatic carbocycles. The molecule has 6 nitrogen and oxygen atoms in total. The molecule has 0 saturated carbocycles. The summed E-state index contributed by atoms with van der Waals surface area (Å²) < 4.78 is 13.5. The van der Waals surface area contributed by atoms with Crippen LogP contribution in [0.1, 0.15) is 47.1 Å². The fourth-order valence-electron chi connectivity index (χ4n) is 6.26. The topological polar surface area (TPSA) is 71.2 Å². The molecule has 4 aromatic rings. The molecule has 2 fully saturated rings. The van der Waals surface area contributed by atoms with Crippen LogP contribution < -0.4 is 5.73 Å². The molecule has 0 unspecified atom stereocenters. The minimum atomic E-state index is -0.465. The van der Waals surface area contributed by atoms with Gasteiger partial charge in [-0.3, -0.25) is 9.80 Å². The van der Waals surface area contributed by atoms with Crippen LogP contribution in [0.5, 0.6) is 0 Å². The predicted molar refractivity (Wildman–Crippen MR) is 171 cm³/mol. The fraction of sp³-hybridized carbons (Fsp3) is 0.351. The summed E-state index contributed by atoms with van der Waals surface area (Å²) in [6, 6.07) is 35.8. The molecule has 2 saturated heterocycles. The Hall–Kier alpha value is -3.36. The molecule has 0 aliphatic carbocycles. The molecule has 0 aromatic heterocycles. The van der Waals surface area contributed by atoms with E-state index in [1.165, 1.54) is 5.56 Å². The smallest absolute Gasteiger partial charge is 0.184 e. The third-order valence-electron chi connectivity index (χ3n) is 8.95. The molecule has 2 heterocycles. The third-order valence-corrected chi connectivity index (χ3v) is 8.95. The fourth-order valence-corrected chi connectivity index (χ4v) is 6.26. The minimum Gasteiger partial charge on any atom is -0.392 e. The molecular weight excluding hydrogens is 534 g/mol. The monoisotopic (exact) mass is 577 g/mol. The van der Waals surface area contributed by atoms with E-state index in [0.29, 0.717) is 6.54 Å². The lowest BCUT2D eigenvalue weighted by molar-refractivity contribution is -0.276. The Kier molecular flexibility index (Phi) is 9.64. The first kappa shape index (κ1) is 29.7. The van der Waals surface area contributed by atoms with Crippen LogP contribution in [0.3, 0.4) is 0 Å². The number of piperazine rings is 1. The molecule has 4 atom stereocenters. The average Bonchev–Trinajstić information content (AvgIpc) is 3.07. The standard InChI is InChI=1S/C37H43N3O3/c1-27-35(25-40-20-18-39(19-21-40)24-28-6-3-2-4-7-28)42-37(43-36(27)32-12-10-29(26-41)11-13-32)33-16-14-31(15-17-33)34-9-5-8-30(22-34)23-38/h2-17,22,27,35-37,41H,18-21,23-26,38H2,1H3/t27-,35+,36+,37+/m1/s1. The number of aliphatic hydroxyl groups excluding tert-OH is 1. The second kappa shape index (κ2) is 14.0. The van der Waals surface area contributed by atoms with Crippen molar-refractivity contribution in [2.75, 3.05) is 32.7 Å². The molecule has 0 amide bonds. The van der Waals surface area contributed by atoms with Gasteiger partial charge >= 0.3 is 0 Å². The van der Waals surface area contributed by atoms with E-state index in [2.05, 4.69) is 108 Å². The largest absolute Gasteiger partial charge is 0.392 e. The van der Waals surface area contributed by atoms with Crippen molar-refractivity contribution >= 4 is 0 Å². The number of rotatable bonds is 9. The highest BCUT2D eigenvalue weighted by Gasteiger charge is 2.39. The number of hydrogen-bond donors (Lipinski definition) is 2. The molecule has 224 valence electrons. The molecule has 0 bridgehead atoms. The SMILES string of the molecule is C[C@@H]1[C@H](CN2CCN(Cc3ccccc3)CC2)O[C@H](c2ccc(-c3cccc(CN)c3)cc2)O[C@@H]1c1ccc(CO)cc1. The van der Waals surface area contributed by atoms with Crippen LogP contribution in [0, 0.1) is 5.92 Å². The summed E-state index contributed by atoms with van der Waals surface area (Å²) in [5, 5.41) is 9.57. The Bertz CT molecular complexity index is 1440. The lowest BCUT2D eigenvalue weighted by Crippen LogP contribution is -2.51. The van der Waals surface area contributed by atoms with Gasteiger partial charge in [-0.05, 0) is 39.4 Å².